The van der Waals surface area contributed by atoms with Crippen LogP contribution in [0.25, 0.3) is 11.0 Å². The second-order valence-corrected chi connectivity index (χ2v) is 17.5. The number of aromatic hydroxyl groups is 2. The Balaban J connectivity index is 1.34. The molecular weight excluding hydrogens is 749 g/mol. The minimum absolute atomic E-state index is 0.0397. The summed E-state index contributed by atoms with van der Waals surface area (Å²) in [5.74, 6) is -0.582. The minimum atomic E-state index is -1.17. The number of phenols is 2. The molecule has 310 valence electrons. The van der Waals surface area contributed by atoms with E-state index in [-0.39, 0.29) is 52.7 Å². The number of benzene rings is 2. The van der Waals surface area contributed by atoms with Crippen LogP contribution in [0.1, 0.15) is 93.7 Å². The predicted molar refractivity (Wildman–Crippen MR) is 223 cm³/mol. The lowest BCUT2D eigenvalue weighted by molar-refractivity contribution is -0.165. The van der Waals surface area contributed by atoms with Crippen molar-refractivity contribution in [3.8, 4) is 17.2 Å². The third-order valence-corrected chi connectivity index (χ3v) is 13.9. The van der Waals surface area contributed by atoms with Gasteiger partial charge in [0.25, 0.3) is 0 Å². The maximum Gasteiger partial charge on any atom is 0.333 e. The van der Waals surface area contributed by atoms with E-state index >= 15 is 0 Å². The third-order valence-electron chi connectivity index (χ3n) is 13.9. The summed E-state index contributed by atoms with van der Waals surface area (Å²) in [6.45, 7) is 7.65. The lowest BCUT2D eigenvalue weighted by Crippen LogP contribution is -2.57. The van der Waals surface area contributed by atoms with Gasteiger partial charge in [0, 0.05) is 59.8 Å². The van der Waals surface area contributed by atoms with E-state index in [1.165, 1.54) is 11.6 Å². The average Bonchev–Trinajstić information content (AvgIpc) is 3.27. The van der Waals surface area contributed by atoms with E-state index in [0.29, 0.717) is 66.5 Å². The zero-order valence-electron chi connectivity index (χ0n) is 34.1. The van der Waals surface area contributed by atoms with Gasteiger partial charge in [-0.05, 0) is 124 Å². The van der Waals surface area contributed by atoms with Gasteiger partial charge in [-0.25, -0.2) is 4.79 Å². The van der Waals surface area contributed by atoms with Crippen LogP contribution in [0.15, 0.2) is 91.6 Å². The summed E-state index contributed by atoms with van der Waals surface area (Å²) < 4.78 is 20.4. The molecule has 7 atom stereocenters. The van der Waals surface area contributed by atoms with Crippen molar-refractivity contribution in [1.29, 1.82) is 0 Å². The molecule has 0 saturated carbocycles. The molecule has 5 aliphatic heterocycles. The Bertz CT molecular complexity index is 2480. The number of fused-ring (bicyclic) bond motifs is 6. The van der Waals surface area contributed by atoms with Gasteiger partial charge in [0.2, 0.25) is 0 Å². The third kappa shape index (κ3) is 6.70. The van der Waals surface area contributed by atoms with Gasteiger partial charge in [0.15, 0.2) is 5.43 Å². The Morgan fingerprint density at radius 3 is 2.76 bits per heavy atom. The van der Waals surface area contributed by atoms with Crippen molar-refractivity contribution in [2.24, 2.45) is 17.6 Å². The topological polar surface area (TPSA) is 189 Å². The molecule has 6 heterocycles. The fourth-order valence-corrected chi connectivity index (χ4v) is 10.5. The molecule has 0 amide bonds. The van der Waals surface area contributed by atoms with Crippen LogP contribution in [0.4, 0.5) is 0 Å². The van der Waals surface area contributed by atoms with Crippen LogP contribution >= 0.6 is 0 Å². The SMILES string of the molecule is CC=C(C)C(=O)OC1Cc2c3c(c4oc(CO)cc(=O)c4c2O)C2Cc4cc(O)ccc4CCC(CC(CC4=CNC5NC(C)CCC5=C4)C1(C)O3)C1=C(N)NCC=C12. The van der Waals surface area contributed by atoms with Crippen molar-refractivity contribution in [2.45, 2.75) is 115 Å². The first-order chi connectivity index (χ1) is 28.4. The highest BCUT2D eigenvalue weighted by atomic mass is 16.6. The van der Waals surface area contributed by atoms with Crippen LogP contribution in [0.5, 0.6) is 17.2 Å². The molecule has 7 unspecified atom stereocenters. The summed E-state index contributed by atoms with van der Waals surface area (Å²) >= 11 is 0. The first-order valence-corrected chi connectivity index (χ1v) is 21.0. The highest BCUT2D eigenvalue weighted by Gasteiger charge is 2.54. The zero-order chi connectivity index (χ0) is 41.3. The summed E-state index contributed by atoms with van der Waals surface area (Å²) in [6.07, 6.45) is 12.5. The van der Waals surface area contributed by atoms with E-state index in [9.17, 15) is 24.9 Å². The minimum Gasteiger partial charge on any atom is -0.508 e. The summed E-state index contributed by atoms with van der Waals surface area (Å²) in [7, 11) is 0. The Labute approximate surface area is 343 Å². The fraction of sp³-hybridized carbons (Fsp3) is 0.447. The number of rotatable bonds is 5. The molecule has 1 fully saturated rings. The first-order valence-electron chi connectivity index (χ1n) is 21.0. The summed E-state index contributed by atoms with van der Waals surface area (Å²) in [5, 5.41) is 44.1. The first kappa shape index (κ1) is 39.0. The van der Waals surface area contributed by atoms with E-state index in [4.69, 9.17) is 19.6 Å². The maximum atomic E-state index is 14.1. The van der Waals surface area contributed by atoms with Crippen LogP contribution in [0.3, 0.4) is 0 Å². The van der Waals surface area contributed by atoms with E-state index in [0.717, 1.165) is 47.1 Å². The number of aliphatic hydroxyl groups is 1. The van der Waals surface area contributed by atoms with Crippen LogP contribution in [-0.4, -0.2) is 51.7 Å². The lowest BCUT2D eigenvalue weighted by Gasteiger charge is -2.49. The molecule has 3 aromatic rings. The smallest absolute Gasteiger partial charge is 0.333 e. The number of carbonyl (C=O) groups excluding carboxylic acids is 1. The van der Waals surface area contributed by atoms with Crippen LogP contribution in [0.2, 0.25) is 0 Å². The number of hydrogen-bond acceptors (Lipinski definition) is 12. The number of aryl methyl sites for hydroxylation is 1. The standard InChI is InChI=1S/C47H54N4O8/c1-5-23(2)46(56)58-37-20-35-41(55)40-36(54)19-32(22-52)57-43(40)39-34-18-29-17-31(53)11-10-26(29)8-9-27(38-33(34)12-13-49-44(38)48)16-30(47(37,4)59-42(35)39)15-25-14-28-7-6-24(3)51-45(28)50-21-25/h5,10-12,14,17,19,21,24,27,30,34,37,45,49-53,55H,6-9,13,15-16,18,20,22,48H2,1-4H3. The largest absolute Gasteiger partial charge is 0.508 e. The van der Waals surface area contributed by atoms with Gasteiger partial charge in [-0.15, -0.1) is 0 Å². The Morgan fingerprint density at radius 2 is 1.97 bits per heavy atom. The molecule has 1 aromatic heterocycles. The second-order valence-electron chi connectivity index (χ2n) is 17.5. The lowest BCUT2D eigenvalue weighted by atomic mass is 9.67. The van der Waals surface area contributed by atoms with Crippen molar-refractivity contribution in [3.05, 3.63) is 121 Å². The van der Waals surface area contributed by atoms with E-state index < -0.39 is 35.6 Å². The van der Waals surface area contributed by atoms with Crippen LogP contribution in [-0.2, 0) is 35.4 Å². The number of esters is 1. The molecule has 2 aromatic carbocycles. The number of nitrogens with two attached hydrogens (primary N) is 1. The molecule has 59 heavy (non-hydrogen) atoms. The van der Waals surface area contributed by atoms with E-state index in [1.807, 2.05) is 13.0 Å². The number of hydrogen-bond donors (Lipinski definition) is 7. The van der Waals surface area contributed by atoms with Gasteiger partial charge in [0.1, 0.15) is 58.1 Å². The number of carbonyl (C=O) groups is 1. The highest BCUT2D eigenvalue weighted by Crippen LogP contribution is 2.56. The highest BCUT2D eigenvalue weighted by molar-refractivity contribution is 5.92. The Morgan fingerprint density at radius 1 is 1.14 bits per heavy atom. The van der Waals surface area contributed by atoms with Gasteiger partial charge in [-0.3, -0.25) is 10.1 Å². The van der Waals surface area contributed by atoms with E-state index in [2.05, 4.69) is 41.2 Å². The predicted octanol–water partition coefficient (Wildman–Crippen LogP) is 5.78. The van der Waals surface area contributed by atoms with Crippen LogP contribution in [0, 0.1) is 11.8 Å². The van der Waals surface area contributed by atoms with Gasteiger partial charge in [-0.1, -0.05) is 24.3 Å². The molecule has 4 bridgehead atoms. The van der Waals surface area contributed by atoms with Crippen molar-refractivity contribution in [2.75, 3.05) is 6.54 Å². The monoisotopic (exact) mass is 802 g/mol. The molecule has 12 heteroatoms. The van der Waals surface area contributed by atoms with Crippen molar-refractivity contribution in [1.82, 2.24) is 16.0 Å². The molecule has 0 radical (unpaired) electrons. The molecule has 8 N–H and O–H groups in total. The number of ether oxygens (including phenoxy) is 2. The summed E-state index contributed by atoms with van der Waals surface area (Å²) in [6, 6.07) is 7.11. The molecule has 1 saturated heterocycles. The molecule has 6 aliphatic rings. The maximum absolute atomic E-state index is 14.1. The average molecular weight is 803 g/mol. The zero-order valence-corrected chi connectivity index (χ0v) is 34.1. The van der Waals surface area contributed by atoms with Gasteiger partial charge >= 0.3 is 5.97 Å². The summed E-state index contributed by atoms with van der Waals surface area (Å²) in [5.41, 5.74) is 13.2. The Kier molecular flexibility index (Phi) is 9.91. The fourth-order valence-electron chi connectivity index (χ4n) is 10.5. The molecule has 9 rings (SSSR count). The molecule has 12 nitrogen and oxygen atoms in total. The van der Waals surface area contributed by atoms with Crippen molar-refractivity contribution < 1.29 is 34.0 Å². The van der Waals surface area contributed by atoms with E-state index in [1.54, 1.807) is 32.1 Å². The number of aliphatic hydroxyl groups excluding tert-OH is 1. The number of dihydropyridines is 2. The molecular formula is C47H54N4O8. The quantitative estimate of drug-likeness (QED) is 0.122. The molecule has 0 spiro atoms. The van der Waals surface area contributed by atoms with Gasteiger partial charge in [-0.2, -0.15) is 0 Å². The van der Waals surface area contributed by atoms with Gasteiger partial charge in [0.05, 0.1) is 6.17 Å². The van der Waals surface area contributed by atoms with Gasteiger partial charge < -0.3 is 45.6 Å². The number of allylic oxidation sites excluding steroid dienone is 5. The van der Waals surface area contributed by atoms with Crippen LogP contribution < -0.4 is 31.8 Å². The molecule has 1 aliphatic carbocycles. The number of piperidine rings is 1. The van der Waals surface area contributed by atoms with Crippen molar-refractivity contribution >= 4 is 16.9 Å². The Hall–Kier alpha value is -5.46. The number of nitrogens with one attached hydrogen (secondary N) is 3. The summed E-state index contributed by atoms with van der Waals surface area (Å²) in [4.78, 5) is 27.9. The normalized spacial score (nSPS) is 28.8. The van der Waals surface area contributed by atoms with Crippen molar-refractivity contribution in [3.63, 3.8) is 0 Å². The second kappa shape index (κ2) is 15.0. The number of phenolic OH excluding ortho intramolecular Hbond substituents is 2.